The number of aliphatic hydroxyl groups is 1. The lowest BCUT2D eigenvalue weighted by atomic mass is 9.76. The number of hydrogen-bond acceptors (Lipinski definition) is 3. The van der Waals surface area contributed by atoms with Crippen LogP contribution in [0.5, 0.6) is 0 Å². The second-order valence-corrected chi connectivity index (χ2v) is 4.82. The first-order valence-electron chi connectivity index (χ1n) is 5.12. The first kappa shape index (κ1) is 11.5. The van der Waals surface area contributed by atoms with Gasteiger partial charge in [-0.2, -0.15) is 0 Å². The molecule has 1 aliphatic carbocycles. The molecule has 0 heterocycles. The molecular weight excluding hydrogens is 180 g/mol. The van der Waals surface area contributed by atoms with Crippen LogP contribution in [0.4, 0.5) is 0 Å². The molecule has 0 aromatic rings. The van der Waals surface area contributed by atoms with Gasteiger partial charge in [0, 0.05) is 12.1 Å². The van der Waals surface area contributed by atoms with E-state index in [1.54, 1.807) is 0 Å². The van der Waals surface area contributed by atoms with Gasteiger partial charge in [-0.15, -0.1) is 0 Å². The number of carbonyl (C=O) groups excluding carboxylic acids is 1. The molecule has 1 aliphatic rings. The smallest absolute Gasteiger partial charge is 0.240 e. The van der Waals surface area contributed by atoms with Crippen LogP contribution < -0.4 is 11.1 Å². The molecule has 0 bridgehead atoms. The Labute approximate surface area is 84.9 Å². The van der Waals surface area contributed by atoms with E-state index in [-0.39, 0.29) is 18.1 Å². The third-order valence-corrected chi connectivity index (χ3v) is 2.89. The highest BCUT2D eigenvalue weighted by molar-refractivity contribution is 5.87. The first-order valence-corrected chi connectivity index (χ1v) is 5.12. The minimum Gasteiger partial charge on any atom is -0.396 e. The molecule has 14 heavy (non-hydrogen) atoms. The summed E-state index contributed by atoms with van der Waals surface area (Å²) in [7, 11) is 0. The summed E-state index contributed by atoms with van der Waals surface area (Å²) >= 11 is 0. The van der Waals surface area contributed by atoms with Crippen LogP contribution in [0.1, 0.15) is 39.5 Å². The Balaban J connectivity index is 2.47. The van der Waals surface area contributed by atoms with E-state index in [2.05, 4.69) is 5.32 Å². The van der Waals surface area contributed by atoms with E-state index in [9.17, 15) is 4.79 Å². The SMILES string of the molecule is CC(C)(CCO)NC(=O)C1(N)CCC1. The van der Waals surface area contributed by atoms with Gasteiger partial charge in [-0.1, -0.05) is 0 Å². The van der Waals surface area contributed by atoms with E-state index in [0.717, 1.165) is 19.3 Å². The summed E-state index contributed by atoms with van der Waals surface area (Å²) in [5.41, 5.74) is 4.86. The largest absolute Gasteiger partial charge is 0.396 e. The maximum absolute atomic E-state index is 11.7. The van der Waals surface area contributed by atoms with Gasteiger partial charge in [-0.25, -0.2) is 0 Å². The van der Waals surface area contributed by atoms with Crippen LogP contribution in [0.25, 0.3) is 0 Å². The lowest BCUT2D eigenvalue weighted by Crippen LogP contribution is -2.62. The number of rotatable bonds is 4. The van der Waals surface area contributed by atoms with Crippen molar-refractivity contribution in [1.29, 1.82) is 0 Å². The highest BCUT2D eigenvalue weighted by Gasteiger charge is 2.41. The summed E-state index contributed by atoms with van der Waals surface area (Å²) in [6.45, 7) is 3.86. The van der Waals surface area contributed by atoms with Crippen molar-refractivity contribution in [3.63, 3.8) is 0 Å². The van der Waals surface area contributed by atoms with Gasteiger partial charge < -0.3 is 16.2 Å². The van der Waals surface area contributed by atoms with E-state index in [1.807, 2.05) is 13.8 Å². The quantitative estimate of drug-likeness (QED) is 0.604. The fourth-order valence-corrected chi connectivity index (χ4v) is 1.56. The zero-order valence-electron chi connectivity index (χ0n) is 8.97. The molecule has 1 rings (SSSR count). The number of nitrogens with one attached hydrogen (secondary N) is 1. The zero-order chi connectivity index (χ0) is 10.8. The number of carbonyl (C=O) groups is 1. The predicted molar refractivity (Wildman–Crippen MR) is 54.7 cm³/mol. The van der Waals surface area contributed by atoms with Gasteiger partial charge in [0.2, 0.25) is 5.91 Å². The van der Waals surface area contributed by atoms with Gasteiger partial charge in [0.05, 0.1) is 5.54 Å². The van der Waals surface area contributed by atoms with E-state index in [0.29, 0.717) is 6.42 Å². The Morgan fingerprint density at radius 2 is 2.14 bits per heavy atom. The van der Waals surface area contributed by atoms with Crippen LogP contribution in [0.3, 0.4) is 0 Å². The van der Waals surface area contributed by atoms with Crippen molar-refractivity contribution in [2.75, 3.05) is 6.61 Å². The number of nitrogens with two attached hydrogens (primary N) is 1. The van der Waals surface area contributed by atoms with Crippen molar-refractivity contribution in [3.8, 4) is 0 Å². The van der Waals surface area contributed by atoms with E-state index >= 15 is 0 Å². The fraction of sp³-hybridized carbons (Fsp3) is 0.900. The van der Waals surface area contributed by atoms with Crippen molar-refractivity contribution < 1.29 is 9.90 Å². The van der Waals surface area contributed by atoms with Crippen molar-refractivity contribution in [2.45, 2.75) is 50.6 Å². The lowest BCUT2D eigenvalue weighted by molar-refractivity contribution is -0.131. The lowest BCUT2D eigenvalue weighted by Gasteiger charge is -2.39. The summed E-state index contributed by atoms with van der Waals surface area (Å²) in [6, 6.07) is 0. The maximum atomic E-state index is 11.7. The van der Waals surface area contributed by atoms with Gasteiger partial charge in [-0.3, -0.25) is 4.79 Å². The monoisotopic (exact) mass is 200 g/mol. The fourth-order valence-electron chi connectivity index (χ4n) is 1.56. The van der Waals surface area contributed by atoms with Crippen molar-refractivity contribution in [2.24, 2.45) is 5.73 Å². The molecule has 0 spiro atoms. The highest BCUT2D eigenvalue weighted by Crippen LogP contribution is 2.29. The summed E-state index contributed by atoms with van der Waals surface area (Å²) in [5.74, 6) is -0.0813. The molecule has 4 nitrogen and oxygen atoms in total. The number of aliphatic hydroxyl groups excluding tert-OH is 1. The van der Waals surface area contributed by atoms with Gasteiger partial charge in [0.15, 0.2) is 0 Å². The van der Waals surface area contributed by atoms with Gasteiger partial charge in [0.1, 0.15) is 0 Å². The van der Waals surface area contributed by atoms with Crippen LogP contribution in [0.15, 0.2) is 0 Å². The molecule has 4 heteroatoms. The van der Waals surface area contributed by atoms with Crippen molar-refractivity contribution >= 4 is 5.91 Å². The van der Waals surface area contributed by atoms with E-state index in [4.69, 9.17) is 10.8 Å². The number of amides is 1. The predicted octanol–water partition coefficient (Wildman–Crippen LogP) is 0.145. The Kier molecular flexibility index (Phi) is 3.17. The second-order valence-electron chi connectivity index (χ2n) is 4.82. The van der Waals surface area contributed by atoms with E-state index < -0.39 is 5.54 Å². The van der Waals surface area contributed by atoms with Crippen LogP contribution in [0, 0.1) is 0 Å². The molecule has 4 N–H and O–H groups in total. The highest BCUT2D eigenvalue weighted by atomic mass is 16.3. The van der Waals surface area contributed by atoms with Crippen LogP contribution in [-0.2, 0) is 4.79 Å². The normalized spacial score (nSPS) is 20.0. The van der Waals surface area contributed by atoms with Crippen LogP contribution >= 0.6 is 0 Å². The molecular formula is C10H20N2O2. The van der Waals surface area contributed by atoms with E-state index in [1.165, 1.54) is 0 Å². The topological polar surface area (TPSA) is 75.3 Å². The number of hydrogen-bond donors (Lipinski definition) is 3. The summed E-state index contributed by atoms with van der Waals surface area (Å²) in [4.78, 5) is 11.7. The van der Waals surface area contributed by atoms with Crippen molar-refractivity contribution in [1.82, 2.24) is 5.32 Å². The molecule has 0 saturated heterocycles. The first-order chi connectivity index (χ1) is 6.40. The van der Waals surface area contributed by atoms with Gasteiger partial charge >= 0.3 is 0 Å². The second kappa shape index (κ2) is 3.87. The third-order valence-electron chi connectivity index (χ3n) is 2.89. The zero-order valence-corrected chi connectivity index (χ0v) is 8.97. The molecule has 0 aromatic heterocycles. The Bertz CT molecular complexity index is 222. The van der Waals surface area contributed by atoms with Gasteiger partial charge in [-0.05, 0) is 39.5 Å². The third kappa shape index (κ3) is 2.45. The average molecular weight is 200 g/mol. The minimum absolute atomic E-state index is 0.0743. The maximum Gasteiger partial charge on any atom is 0.240 e. The summed E-state index contributed by atoms with van der Waals surface area (Å²) in [5, 5.41) is 11.7. The summed E-state index contributed by atoms with van der Waals surface area (Å²) in [6.07, 6.45) is 3.13. The molecule has 1 amide bonds. The summed E-state index contributed by atoms with van der Waals surface area (Å²) < 4.78 is 0. The molecule has 0 aliphatic heterocycles. The Morgan fingerprint density at radius 3 is 2.50 bits per heavy atom. The molecule has 1 fully saturated rings. The van der Waals surface area contributed by atoms with Crippen LogP contribution in [-0.4, -0.2) is 28.7 Å². The van der Waals surface area contributed by atoms with Crippen molar-refractivity contribution in [3.05, 3.63) is 0 Å². The standard InChI is InChI=1S/C10H20N2O2/c1-9(2,6-7-13)12-8(14)10(11)4-3-5-10/h13H,3-7,11H2,1-2H3,(H,12,14). The Morgan fingerprint density at radius 1 is 1.57 bits per heavy atom. The molecule has 0 aromatic carbocycles. The Hall–Kier alpha value is -0.610. The molecule has 1 saturated carbocycles. The minimum atomic E-state index is -0.646. The average Bonchev–Trinajstić information content (AvgIpc) is 1.98. The molecule has 0 radical (unpaired) electrons. The van der Waals surface area contributed by atoms with Crippen LogP contribution in [0.2, 0.25) is 0 Å². The van der Waals surface area contributed by atoms with Gasteiger partial charge in [0.25, 0.3) is 0 Å². The molecule has 82 valence electrons. The molecule has 0 atom stereocenters. The molecule has 0 unspecified atom stereocenters.